The molecule has 32 heavy (non-hydrogen) atoms. The van der Waals surface area contributed by atoms with E-state index < -0.39 is 10.8 Å². The number of hydrogen-bond donors (Lipinski definition) is 0. The second-order valence-corrected chi connectivity index (χ2v) is 9.43. The first-order chi connectivity index (χ1) is 15.5. The van der Waals surface area contributed by atoms with Gasteiger partial charge in [0.1, 0.15) is 11.5 Å². The summed E-state index contributed by atoms with van der Waals surface area (Å²) in [5.74, 6) is 2.07. The molecule has 0 spiro atoms. The fourth-order valence-electron chi connectivity index (χ4n) is 3.70. The van der Waals surface area contributed by atoms with E-state index in [9.17, 15) is 9.00 Å². The molecule has 1 saturated heterocycles. The van der Waals surface area contributed by atoms with Crippen molar-refractivity contribution in [3.05, 3.63) is 82.8 Å². The van der Waals surface area contributed by atoms with Gasteiger partial charge in [-0.25, -0.2) is 0 Å². The largest absolute Gasteiger partial charge is 0.497 e. The third-order valence-corrected chi connectivity index (χ3v) is 7.04. The Balaban J connectivity index is 1.32. The number of carbonyl (C=O) groups excluding carboxylic acids is 1. The van der Waals surface area contributed by atoms with Crippen molar-refractivity contribution in [2.45, 2.75) is 11.5 Å². The minimum atomic E-state index is -1.19. The summed E-state index contributed by atoms with van der Waals surface area (Å²) in [5.41, 5.74) is 1.92. The Kier molecular flexibility index (Phi) is 7.17. The van der Waals surface area contributed by atoms with Crippen molar-refractivity contribution >= 4 is 34.0 Å². The summed E-state index contributed by atoms with van der Waals surface area (Å²) in [7, 11) is 0.467. The highest BCUT2D eigenvalue weighted by molar-refractivity contribution is 7.83. The Bertz CT molecular complexity index is 1110. The van der Waals surface area contributed by atoms with Crippen LogP contribution in [-0.2, 0) is 22.3 Å². The van der Waals surface area contributed by atoms with Crippen molar-refractivity contribution in [2.24, 2.45) is 0 Å². The molecule has 0 unspecified atom stereocenters. The number of rotatable bonds is 7. The summed E-state index contributed by atoms with van der Waals surface area (Å²) in [6, 6.07) is 18.7. The Morgan fingerprint density at radius 3 is 2.56 bits per heavy atom. The molecule has 1 aliphatic heterocycles. The third kappa shape index (κ3) is 5.34. The fourth-order valence-corrected chi connectivity index (χ4v) is 5.15. The van der Waals surface area contributed by atoms with E-state index in [1.807, 2.05) is 42.5 Å². The summed E-state index contributed by atoms with van der Waals surface area (Å²) in [5, 5.41) is 0.601. The second kappa shape index (κ2) is 10.2. The molecule has 2 aromatic carbocycles. The molecule has 1 atom stereocenters. The highest BCUT2D eigenvalue weighted by atomic mass is 35.5. The lowest BCUT2D eigenvalue weighted by atomic mass is 10.2. The van der Waals surface area contributed by atoms with Gasteiger partial charge in [-0.15, -0.1) is 0 Å². The van der Waals surface area contributed by atoms with E-state index in [0.29, 0.717) is 29.6 Å². The van der Waals surface area contributed by atoms with Crippen LogP contribution < -0.4 is 9.64 Å². The summed E-state index contributed by atoms with van der Waals surface area (Å²) in [6.07, 6.45) is 0. The number of carbonyl (C=O) groups is 1. The smallest absolute Gasteiger partial charge is 0.289 e. The van der Waals surface area contributed by atoms with Gasteiger partial charge >= 0.3 is 0 Å². The van der Waals surface area contributed by atoms with Crippen LogP contribution in [0.2, 0.25) is 5.02 Å². The quantitative estimate of drug-likeness (QED) is 0.511. The molecule has 6 nitrogen and oxygen atoms in total. The Morgan fingerprint density at radius 2 is 1.81 bits per heavy atom. The molecular formula is C24H25ClN2O4S. The average Bonchev–Trinajstić information content (AvgIpc) is 3.28. The van der Waals surface area contributed by atoms with Gasteiger partial charge < -0.3 is 19.0 Å². The first-order valence-corrected chi connectivity index (χ1v) is 12.3. The molecule has 1 amide bonds. The molecule has 2 heterocycles. The molecule has 168 valence electrons. The maximum atomic E-state index is 12.9. The van der Waals surface area contributed by atoms with Gasteiger partial charge in [-0.2, -0.15) is 0 Å². The molecule has 0 N–H and O–H groups in total. The normalized spacial score (nSPS) is 14.9. The zero-order valence-corrected chi connectivity index (χ0v) is 19.4. The van der Waals surface area contributed by atoms with E-state index in [1.54, 1.807) is 30.2 Å². The summed E-state index contributed by atoms with van der Waals surface area (Å²) in [4.78, 5) is 16.9. The van der Waals surface area contributed by atoms with E-state index in [-0.39, 0.29) is 17.4 Å². The van der Waals surface area contributed by atoms with Crippen LogP contribution in [0.4, 0.5) is 5.69 Å². The Morgan fingerprint density at radius 1 is 1.03 bits per heavy atom. The highest BCUT2D eigenvalue weighted by Crippen LogP contribution is 2.23. The van der Waals surface area contributed by atoms with Crippen LogP contribution in [-0.4, -0.2) is 48.3 Å². The van der Waals surface area contributed by atoms with Crippen molar-refractivity contribution in [1.82, 2.24) is 4.90 Å². The van der Waals surface area contributed by atoms with Gasteiger partial charge in [-0.3, -0.25) is 9.00 Å². The van der Waals surface area contributed by atoms with Crippen molar-refractivity contribution in [3.8, 4) is 5.75 Å². The molecule has 8 heteroatoms. The number of methoxy groups -OCH3 is 1. The Labute approximate surface area is 195 Å². The molecule has 0 aliphatic carbocycles. The van der Waals surface area contributed by atoms with E-state index in [4.69, 9.17) is 20.8 Å². The summed E-state index contributed by atoms with van der Waals surface area (Å²) in [6.45, 7) is 2.66. The Hall–Kier alpha value is -2.77. The van der Waals surface area contributed by atoms with Crippen LogP contribution in [0.25, 0.3) is 0 Å². The lowest BCUT2D eigenvalue weighted by Crippen LogP contribution is -2.48. The van der Waals surface area contributed by atoms with Crippen LogP contribution in [0.15, 0.2) is 65.1 Å². The monoisotopic (exact) mass is 472 g/mol. The van der Waals surface area contributed by atoms with Gasteiger partial charge in [-0.1, -0.05) is 35.9 Å². The molecule has 1 aromatic heterocycles. The van der Waals surface area contributed by atoms with E-state index >= 15 is 0 Å². The third-order valence-electron chi connectivity index (χ3n) is 5.44. The molecule has 4 rings (SSSR count). The second-order valence-electron chi connectivity index (χ2n) is 7.57. The maximum Gasteiger partial charge on any atom is 0.289 e. The number of halogens is 1. The van der Waals surface area contributed by atoms with Gasteiger partial charge in [0.2, 0.25) is 0 Å². The number of anilines is 1. The van der Waals surface area contributed by atoms with E-state index in [0.717, 1.165) is 30.1 Å². The van der Waals surface area contributed by atoms with Crippen molar-refractivity contribution in [1.29, 1.82) is 0 Å². The molecule has 1 fully saturated rings. The number of furan rings is 1. The lowest BCUT2D eigenvalue weighted by Gasteiger charge is -2.35. The summed E-state index contributed by atoms with van der Waals surface area (Å²) < 4.78 is 23.5. The predicted molar refractivity (Wildman–Crippen MR) is 127 cm³/mol. The van der Waals surface area contributed by atoms with E-state index in [1.165, 1.54) is 0 Å². The minimum Gasteiger partial charge on any atom is -0.497 e. The van der Waals surface area contributed by atoms with Crippen molar-refractivity contribution in [2.75, 3.05) is 38.2 Å². The molecule has 3 aromatic rings. The van der Waals surface area contributed by atoms with Crippen LogP contribution in [0, 0.1) is 0 Å². The zero-order chi connectivity index (χ0) is 22.5. The number of benzene rings is 2. The number of nitrogens with zero attached hydrogens (tertiary/aromatic N) is 2. The van der Waals surface area contributed by atoms with Gasteiger partial charge in [0, 0.05) is 53.8 Å². The van der Waals surface area contributed by atoms with E-state index in [2.05, 4.69) is 4.90 Å². The van der Waals surface area contributed by atoms with Gasteiger partial charge in [0.15, 0.2) is 5.76 Å². The number of amides is 1. The SMILES string of the molecule is COc1cccc(N2CCN(C(=O)c3ccc(C[S@@](=O)Cc4ccccc4Cl)o3)CC2)c1. The van der Waals surface area contributed by atoms with Crippen LogP contribution in [0.5, 0.6) is 5.75 Å². The fraction of sp³-hybridized carbons (Fsp3) is 0.292. The van der Waals surface area contributed by atoms with Crippen LogP contribution in [0.1, 0.15) is 21.9 Å². The molecular weight excluding hydrogens is 448 g/mol. The van der Waals surface area contributed by atoms with Gasteiger partial charge in [0.25, 0.3) is 5.91 Å². The first kappa shape index (κ1) is 22.4. The first-order valence-electron chi connectivity index (χ1n) is 10.4. The zero-order valence-electron chi connectivity index (χ0n) is 17.8. The van der Waals surface area contributed by atoms with Gasteiger partial charge in [-0.05, 0) is 35.9 Å². The molecule has 1 aliphatic rings. The van der Waals surface area contributed by atoms with Crippen LogP contribution in [0.3, 0.4) is 0 Å². The molecule has 0 radical (unpaired) electrons. The minimum absolute atomic E-state index is 0.140. The maximum absolute atomic E-state index is 12.9. The van der Waals surface area contributed by atoms with Crippen LogP contribution >= 0.6 is 11.6 Å². The molecule has 0 bridgehead atoms. The lowest BCUT2D eigenvalue weighted by molar-refractivity contribution is 0.0713. The number of hydrogen-bond acceptors (Lipinski definition) is 5. The summed E-state index contributed by atoms with van der Waals surface area (Å²) >= 11 is 6.15. The molecule has 0 saturated carbocycles. The predicted octanol–water partition coefficient (Wildman–Crippen LogP) is 4.35. The topological polar surface area (TPSA) is 63.0 Å². The van der Waals surface area contributed by atoms with Crippen molar-refractivity contribution in [3.63, 3.8) is 0 Å². The highest BCUT2D eigenvalue weighted by Gasteiger charge is 2.25. The standard InChI is InChI=1S/C24H25ClN2O4S/c1-30-20-7-4-6-19(15-20)26-11-13-27(14-12-26)24(28)23-10-9-21(31-23)17-32(29)16-18-5-2-3-8-22(18)25/h2-10,15H,11-14,16-17H2,1H3/t32-/m0/s1. The number of ether oxygens (including phenoxy) is 1. The number of piperazine rings is 1. The van der Waals surface area contributed by atoms with Gasteiger partial charge in [0.05, 0.1) is 18.6 Å². The van der Waals surface area contributed by atoms with Crippen molar-refractivity contribution < 1.29 is 18.2 Å². The average molecular weight is 473 g/mol.